The highest BCUT2D eigenvalue weighted by Crippen LogP contribution is 2.39. The highest BCUT2D eigenvalue weighted by Gasteiger charge is 2.29. The lowest BCUT2D eigenvalue weighted by Crippen LogP contribution is -2.05. The van der Waals surface area contributed by atoms with Crippen LogP contribution in [0.5, 0.6) is 0 Å². The summed E-state index contributed by atoms with van der Waals surface area (Å²) in [6.45, 7) is 0.600. The molecule has 1 saturated carbocycles. The quantitative estimate of drug-likeness (QED) is 0.802. The van der Waals surface area contributed by atoms with Crippen LogP contribution < -0.4 is 5.32 Å². The highest BCUT2D eigenvalue weighted by molar-refractivity contribution is 6.29. The van der Waals surface area contributed by atoms with Gasteiger partial charge >= 0.3 is 0 Å². The molecule has 0 bridgehead atoms. The number of aromatic nitrogens is 5. The molecule has 0 amide bonds. The average molecular weight is 301 g/mol. The minimum atomic E-state index is 0.424. The van der Waals surface area contributed by atoms with E-state index in [1.165, 1.54) is 0 Å². The molecule has 106 valence electrons. The molecule has 1 aliphatic carbocycles. The Hall–Kier alpha value is -2.21. The summed E-state index contributed by atoms with van der Waals surface area (Å²) in [5.74, 6) is 1.36. The third-order valence-corrected chi connectivity index (χ3v) is 3.68. The second kappa shape index (κ2) is 4.96. The summed E-state index contributed by atoms with van der Waals surface area (Å²) in [4.78, 5) is 4.29. The maximum atomic E-state index is 6.12. The minimum Gasteiger partial charge on any atom is -0.376 e. The van der Waals surface area contributed by atoms with Gasteiger partial charge in [0.05, 0.1) is 17.9 Å². The van der Waals surface area contributed by atoms with E-state index in [2.05, 4.69) is 25.6 Å². The van der Waals surface area contributed by atoms with Crippen molar-refractivity contribution in [1.29, 1.82) is 0 Å². The minimum absolute atomic E-state index is 0.424. The van der Waals surface area contributed by atoms with Gasteiger partial charge in [0.1, 0.15) is 0 Å². The number of hydrogen-bond acceptors (Lipinski definition) is 5. The molecular weight excluding hydrogens is 288 g/mol. The van der Waals surface area contributed by atoms with Crippen molar-refractivity contribution in [3.63, 3.8) is 0 Å². The zero-order valence-corrected chi connectivity index (χ0v) is 12.0. The summed E-state index contributed by atoms with van der Waals surface area (Å²) < 4.78 is 1.75. The van der Waals surface area contributed by atoms with Crippen molar-refractivity contribution in [1.82, 2.24) is 24.8 Å². The summed E-state index contributed by atoms with van der Waals surface area (Å²) in [6, 6.07) is 7.59. The Morgan fingerprint density at radius 2 is 2.19 bits per heavy atom. The molecule has 0 aliphatic heterocycles. The van der Waals surface area contributed by atoms with Crippen LogP contribution in [0.3, 0.4) is 0 Å². The Labute approximate surface area is 126 Å². The molecule has 0 saturated heterocycles. The summed E-state index contributed by atoms with van der Waals surface area (Å²) in [7, 11) is 0. The first-order valence-corrected chi connectivity index (χ1v) is 7.25. The van der Waals surface area contributed by atoms with E-state index in [-0.39, 0.29) is 0 Å². The van der Waals surface area contributed by atoms with Gasteiger partial charge in [-0.3, -0.25) is 4.98 Å². The van der Waals surface area contributed by atoms with Crippen molar-refractivity contribution in [3.05, 3.63) is 47.1 Å². The van der Waals surface area contributed by atoms with Crippen molar-refractivity contribution >= 4 is 22.9 Å². The molecular formula is C14H13ClN6. The third-order valence-electron chi connectivity index (χ3n) is 3.49. The van der Waals surface area contributed by atoms with Gasteiger partial charge in [0.2, 0.25) is 5.65 Å². The molecule has 3 aromatic rings. The number of pyridine rings is 1. The Bertz CT molecular complexity index is 781. The molecule has 1 N–H and O–H groups in total. The Morgan fingerprint density at radius 3 is 2.95 bits per heavy atom. The summed E-state index contributed by atoms with van der Waals surface area (Å²) >= 11 is 6.12. The molecule has 1 aliphatic rings. The van der Waals surface area contributed by atoms with Gasteiger partial charge in [0, 0.05) is 18.2 Å². The standard InChI is InChI=1S/C14H13ClN6/c15-12-7-11(17-8-10-3-1-2-6-16-10)14-19-18-13(9-4-5-9)21(14)20-12/h1-3,6-7,9,17H,4-5,8H2. The van der Waals surface area contributed by atoms with Crippen LogP contribution in [0.1, 0.15) is 30.3 Å². The lowest BCUT2D eigenvalue weighted by atomic mass is 10.3. The fourth-order valence-corrected chi connectivity index (χ4v) is 2.47. The Balaban J connectivity index is 1.68. The molecule has 3 aromatic heterocycles. The van der Waals surface area contributed by atoms with Crippen molar-refractivity contribution in [3.8, 4) is 0 Å². The lowest BCUT2D eigenvalue weighted by molar-refractivity contribution is 0.815. The Morgan fingerprint density at radius 1 is 1.29 bits per heavy atom. The van der Waals surface area contributed by atoms with Gasteiger partial charge in [-0.05, 0) is 25.0 Å². The van der Waals surface area contributed by atoms with Gasteiger partial charge < -0.3 is 5.32 Å². The van der Waals surface area contributed by atoms with Crippen LogP contribution in [-0.4, -0.2) is 24.8 Å². The summed E-state index contributed by atoms with van der Waals surface area (Å²) in [6.07, 6.45) is 4.06. The third kappa shape index (κ3) is 2.42. The fourth-order valence-electron chi connectivity index (χ4n) is 2.28. The molecule has 4 rings (SSSR count). The number of anilines is 1. The van der Waals surface area contributed by atoms with Crippen LogP contribution in [0.25, 0.3) is 5.65 Å². The first-order valence-electron chi connectivity index (χ1n) is 6.87. The smallest absolute Gasteiger partial charge is 0.201 e. The van der Waals surface area contributed by atoms with Gasteiger partial charge in [-0.1, -0.05) is 17.7 Å². The molecule has 0 radical (unpaired) electrons. The van der Waals surface area contributed by atoms with Crippen LogP contribution in [-0.2, 0) is 6.54 Å². The van der Waals surface area contributed by atoms with Crippen LogP contribution >= 0.6 is 11.6 Å². The van der Waals surface area contributed by atoms with E-state index in [1.54, 1.807) is 16.8 Å². The van der Waals surface area contributed by atoms with E-state index in [9.17, 15) is 0 Å². The molecule has 3 heterocycles. The summed E-state index contributed by atoms with van der Waals surface area (Å²) in [5.41, 5.74) is 2.47. The number of halogens is 1. The summed E-state index contributed by atoms with van der Waals surface area (Å²) in [5, 5.41) is 16.5. The van der Waals surface area contributed by atoms with Gasteiger partial charge in [0.15, 0.2) is 11.0 Å². The normalized spacial score (nSPS) is 14.5. The van der Waals surface area contributed by atoms with Crippen LogP contribution in [0.4, 0.5) is 5.69 Å². The molecule has 0 spiro atoms. The molecule has 21 heavy (non-hydrogen) atoms. The zero-order chi connectivity index (χ0) is 14.2. The number of hydrogen-bond donors (Lipinski definition) is 1. The van der Waals surface area contributed by atoms with Gasteiger partial charge in [-0.15, -0.1) is 10.2 Å². The van der Waals surface area contributed by atoms with Crippen molar-refractivity contribution < 1.29 is 0 Å². The number of fused-ring (bicyclic) bond motifs is 1. The van der Waals surface area contributed by atoms with Crippen LogP contribution in [0, 0.1) is 0 Å². The molecule has 7 heteroatoms. The van der Waals surface area contributed by atoms with E-state index < -0.39 is 0 Å². The van der Waals surface area contributed by atoms with E-state index in [4.69, 9.17) is 11.6 Å². The lowest BCUT2D eigenvalue weighted by Gasteiger charge is -2.07. The first kappa shape index (κ1) is 12.5. The number of nitrogens with one attached hydrogen (secondary N) is 1. The maximum Gasteiger partial charge on any atom is 0.201 e. The van der Waals surface area contributed by atoms with E-state index in [0.29, 0.717) is 23.3 Å². The maximum absolute atomic E-state index is 6.12. The topological polar surface area (TPSA) is 68.0 Å². The van der Waals surface area contributed by atoms with Gasteiger partial charge in [-0.2, -0.15) is 9.61 Å². The van der Waals surface area contributed by atoms with Gasteiger partial charge in [-0.25, -0.2) is 0 Å². The van der Waals surface area contributed by atoms with Crippen molar-refractivity contribution in [2.75, 3.05) is 5.32 Å². The molecule has 0 unspecified atom stereocenters. The van der Waals surface area contributed by atoms with Crippen molar-refractivity contribution in [2.24, 2.45) is 0 Å². The molecule has 0 atom stereocenters. The van der Waals surface area contributed by atoms with E-state index >= 15 is 0 Å². The predicted octanol–water partition coefficient (Wildman–Crippen LogP) is 2.66. The SMILES string of the molecule is Clc1cc(NCc2ccccn2)c2nnc(C3CC3)n2n1. The largest absolute Gasteiger partial charge is 0.376 e. The van der Waals surface area contributed by atoms with Crippen molar-refractivity contribution in [2.45, 2.75) is 25.3 Å². The number of rotatable bonds is 4. The number of nitrogens with zero attached hydrogens (tertiary/aromatic N) is 5. The van der Waals surface area contributed by atoms with Gasteiger partial charge in [0.25, 0.3) is 0 Å². The second-order valence-electron chi connectivity index (χ2n) is 5.12. The predicted molar refractivity (Wildman–Crippen MR) is 79.3 cm³/mol. The monoisotopic (exact) mass is 300 g/mol. The average Bonchev–Trinajstić information content (AvgIpc) is 3.26. The van der Waals surface area contributed by atoms with Crippen LogP contribution in [0.15, 0.2) is 30.5 Å². The molecule has 1 fully saturated rings. The Kier molecular flexibility index (Phi) is 2.96. The van der Waals surface area contributed by atoms with Crippen LogP contribution in [0.2, 0.25) is 5.15 Å². The first-order chi connectivity index (χ1) is 10.3. The molecule has 0 aromatic carbocycles. The second-order valence-corrected chi connectivity index (χ2v) is 5.51. The van der Waals surface area contributed by atoms with E-state index in [0.717, 1.165) is 30.0 Å². The molecule has 6 nitrogen and oxygen atoms in total. The zero-order valence-electron chi connectivity index (χ0n) is 11.2. The highest BCUT2D eigenvalue weighted by atomic mass is 35.5. The van der Waals surface area contributed by atoms with E-state index in [1.807, 2.05) is 18.2 Å². The fraction of sp³-hybridized carbons (Fsp3) is 0.286.